The first-order valence-electron chi connectivity index (χ1n) is 4.02. The molecule has 15 heavy (non-hydrogen) atoms. The fourth-order valence-electron chi connectivity index (χ4n) is 1.19. The lowest BCUT2D eigenvalue weighted by molar-refractivity contribution is 0.112. The Bertz CT molecular complexity index is 558. The van der Waals surface area contributed by atoms with E-state index in [-0.39, 0.29) is 17.0 Å². The molecule has 0 aliphatic carbocycles. The lowest BCUT2D eigenvalue weighted by Crippen LogP contribution is -1.94. The van der Waals surface area contributed by atoms with Crippen LogP contribution in [0.25, 0.3) is 11.5 Å². The first-order valence-corrected chi connectivity index (χ1v) is 4.02. The molecule has 2 aromatic rings. The predicted octanol–water partition coefficient (Wildman–Crippen LogP) is 0.982. The van der Waals surface area contributed by atoms with Gasteiger partial charge in [-0.15, -0.1) is 5.10 Å². The molecule has 76 valence electrons. The van der Waals surface area contributed by atoms with E-state index in [2.05, 4.69) is 9.52 Å². The molecule has 2 rings (SSSR count). The SMILES string of the molecule is O=Cc1c(F)cccc1-c1n[nH]c(=O)o1. The molecule has 0 unspecified atom stereocenters. The molecule has 0 saturated carbocycles. The van der Waals surface area contributed by atoms with Gasteiger partial charge in [-0.3, -0.25) is 4.79 Å². The topological polar surface area (TPSA) is 76.0 Å². The lowest BCUT2D eigenvalue weighted by atomic mass is 10.1. The summed E-state index contributed by atoms with van der Waals surface area (Å²) in [6, 6.07) is 3.97. The molecule has 0 spiro atoms. The largest absolute Gasteiger partial charge is 0.434 e. The maximum absolute atomic E-state index is 13.2. The van der Waals surface area contributed by atoms with Crippen molar-refractivity contribution in [1.29, 1.82) is 0 Å². The van der Waals surface area contributed by atoms with Crippen LogP contribution in [0.2, 0.25) is 0 Å². The van der Waals surface area contributed by atoms with Crippen LogP contribution in [0.4, 0.5) is 4.39 Å². The predicted molar refractivity (Wildman–Crippen MR) is 47.9 cm³/mol. The molecule has 0 atom stereocenters. The Morgan fingerprint density at radius 1 is 1.47 bits per heavy atom. The van der Waals surface area contributed by atoms with E-state index in [1.165, 1.54) is 12.1 Å². The first-order chi connectivity index (χ1) is 7.22. The van der Waals surface area contributed by atoms with Gasteiger partial charge in [0.25, 0.3) is 0 Å². The van der Waals surface area contributed by atoms with Crippen LogP contribution in [0.1, 0.15) is 10.4 Å². The van der Waals surface area contributed by atoms with E-state index in [0.29, 0.717) is 6.29 Å². The van der Waals surface area contributed by atoms with Crippen LogP contribution in [-0.4, -0.2) is 16.5 Å². The van der Waals surface area contributed by atoms with Gasteiger partial charge >= 0.3 is 5.76 Å². The molecule has 0 amide bonds. The zero-order chi connectivity index (χ0) is 10.8. The van der Waals surface area contributed by atoms with Crippen molar-refractivity contribution < 1.29 is 13.6 Å². The molecule has 5 nitrogen and oxygen atoms in total. The van der Waals surface area contributed by atoms with Gasteiger partial charge in [-0.2, -0.15) is 0 Å². The van der Waals surface area contributed by atoms with Crippen molar-refractivity contribution in [2.24, 2.45) is 0 Å². The van der Waals surface area contributed by atoms with Gasteiger partial charge in [-0.25, -0.2) is 14.3 Å². The standard InChI is InChI=1S/C9H5FN2O3/c10-7-3-1-2-5(6(7)4-13)8-11-12-9(14)15-8/h1-4H,(H,12,14). The Morgan fingerprint density at radius 2 is 2.27 bits per heavy atom. The number of carbonyl (C=O) groups excluding carboxylic acids is 1. The number of carbonyl (C=O) groups is 1. The highest BCUT2D eigenvalue weighted by Crippen LogP contribution is 2.21. The molecule has 0 radical (unpaired) electrons. The van der Waals surface area contributed by atoms with E-state index in [1.807, 2.05) is 5.10 Å². The average molecular weight is 208 g/mol. The fraction of sp³-hybridized carbons (Fsp3) is 0. The van der Waals surface area contributed by atoms with Crippen molar-refractivity contribution in [1.82, 2.24) is 10.2 Å². The molecule has 0 aliphatic rings. The highest BCUT2D eigenvalue weighted by molar-refractivity contribution is 5.85. The Kier molecular flexibility index (Phi) is 2.17. The van der Waals surface area contributed by atoms with Gasteiger partial charge in [0.05, 0.1) is 11.1 Å². The Hall–Kier alpha value is -2.24. The van der Waals surface area contributed by atoms with E-state index in [4.69, 9.17) is 0 Å². The number of H-pyrrole nitrogens is 1. The maximum Gasteiger partial charge on any atom is 0.434 e. The van der Waals surface area contributed by atoms with Crippen LogP contribution in [0.5, 0.6) is 0 Å². The lowest BCUT2D eigenvalue weighted by Gasteiger charge is -1.99. The molecule has 0 bridgehead atoms. The molecular weight excluding hydrogens is 203 g/mol. The van der Waals surface area contributed by atoms with Crippen LogP contribution in [-0.2, 0) is 0 Å². The summed E-state index contributed by atoms with van der Waals surface area (Å²) in [5.41, 5.74) is -0.0453. The van der Waals surface area contributed by atoms with Gasteiger partial charge in [0, 0.05) is 0 Å². The van der Waals surface area contributed by atoms with Crippen molar-refractivity contribution >= 4 is 6.29 Å². The van der Waals surface area contributed by atoms with Crippen LogP contribution in [0, 0.1) is 5.82 Å². The third kappa shape index (κ3) is 1.56. The van der Waals surface area contributed by atoms with E-state index in [0.717, 1.165) is 6.07 Å². The van der Waals surface area contributed by atoms with Crippen molar-refractivity contribution in [3.8, 4) is 11.5 Å². The molecule has 6 heteroatoms. The summed E-state index contributed by atoms with van der Waals surface area (Å²) in [6.45, 7) is 0. The maximum atomic E-state index is 13.2. The highest BCUT2D eigenvalue weighted by Gasteiger charge is 2.13. The van der Waals surface area contributed by atoms with Gasteiger partial charge in [0.15, 0.2) is 6.29 Å². The summed E-state index contributed by atoms with van der Waals surface area (Å²) in [5.74, 6) is -1.55. The number of hydrogen-bond donors (Lipinski definition) is 1. The third-order valence-corrected chi connectivity index (χ3v) is 1.84. The summed E-state index contributed by atoms with van der Waals surface area (Å²) in [6.07, 6.45) is 0.347. The van der Waals surface area contributed by atoms with Gasteiger partial charge in [-0.1, -0.05) is 6.07 Å². The molecule has 0 saturated heterocycles. The highest BCUT2D eigenvalue weighted by atomic mass is 19.1. The quantitative estimate of drug-likeness (QED) is 0.746. The Labute approximate surface area is 82.5 Å². The summed E-state index contributed by atoms with van der Waals surface area (Å²) in [4.78, 5) is 21.3. The van der Waals surface area contributed by atoms with Gasteiger partial charge in [-0.05, 0) is 12.1 Å². The fourth-order valence-corrected chi connectivity index (χ4v) is 1.19. The second-order valence-electron chi connectivity index (χ2n) is 2.74. The van der Waals surface area contributed by atoms with Crippen LogP contribution in [0.15, 0.2) is 27.4 Å². The zero-order valence-corrected chi connectivity index (χ0v) is 7.36. The Morgan fingerprint density at radius 3 is 2.87 bits per heavy atom. The number of aromatic amines is 1. The average Bonchev–Trinajstić information content (AvgIpc) is 2.64. The summed E-state index contributed by atoms with van der Waals surface area (Å²) in [7, 11) is 0. The summed E-state index contributed by atoms with van der Waals surface area (Å²) < 4.78 is 17.8. The minimum absolute atomic E-state index is 0.110. The number of nitrogens with one attached hydrogen (secondary N) is 1. The minimum Gasteiger partial charge on any atom is -0.388 e. The second-order valence-corrected chi connectivity index (χ2v) is 2.74. The van der Waals surface area contributed by atoms with Crippen molar-refractivity contribution in [3.63, 3.8) is 0 Å². The van der Waals surface area contributed by atoms with Crippen LogP contribution in [0.3, 0.4) is 0 Å². The van der Waals surface area contributed by atoms with E-state index >= 15 is 0 Å². The molecule has 1 heterocycles. The number of halogens is 1. The normalized spacial score (nSPS) is 10.2. The molecule has 1 N–H and O–H groups in total. The molecule has 1 aromatic heterocycles. The van der Waals surface area contributed by atoms with Crippen LogP contribution >= 0.6 is 0 Å². The zero-order valence-electron chi connectivity index (χ0n) is 7.36. The number of hydrogen-bond acceptors (Lipinski definition) is 4. The van der Waals surface area contributed by atoms with Gasteiger partial charge in [0.2, 0.25) is 5.89 Å². The minimum atomic E-state index is -0.758. The number of nitrogens with zero attached hydrogens (tertiary/aromatic N) is 1. The van der Waals surface area contributed by atoms with Crippen molar-refractivity contribution in [2.45, 2.75) is 0 Å². The number of aromatic nitrogens is 2. The molecule has 0 aliphatic heterocycles. The monoisotopic (exact) mass is 208 g/mol. The van der Waals surface area contributed by atoms with Gasteiger partial charge in [0.1, 0.15) is 5.82 Å². The smallest absolute Gasteiger partial charge is 0.388 e. The van der Waals surface area contributed by atoms with E-state index < -0.39 is 11.6 Å². The van der Waals surface area contributed by atoms with Gasteiger partial charge < -0.3 is 4.42 Å². The molecule has 1 aromatic carbocycles. The third-order valence-electron chi connectivity index (χ3n) is 1.84. The van der Waals surface area contributed by atoms with Crippen LogP contribution < -0.4 is 5.76 Å². The van der Waals surface area contributed by atoms with Crippen molar-refractivity contribution in [3.05, 3.63) is 40.1 Å². The molecular formula is C9H5FN2O3. The Balaban J connectivity index is 2.67. The molecule has 0 fully saturated rings. The van der Waals surface area contributed by atoms with E-state index in [1.54, 1.807) is 0 Å². The van der Waals surface area contributed by atoms with Crippen molar-refractivity contribution in [2.75, 3.05) is 0 Å². The first kappa shape index (κ1) is 9.32. The summed E-state index contributed by atoms with van der Waals surface area (Å²) in [5, 5.41) is 5.53. The summed E-state index contributed by atoms with van der Waals surface area (Å²) >= 11 is 0. The number of rotatable bonds is 2. The van der Waals surface area contributed by atoms with E-state index in [9.17, 15) is 14.0 Å². The second kappa shape index (κ2) is 3.49. The number of benzene rings is 1. The number of aldehydes is 1.